The van der Waals surface area contributed by atoms with Crippen molar-refractivity contribution in [2.45, 2.75) is 96.6 Å². The van der Waals surface area contributed by atoms with E-state index in [1.165, 1.54) is 57.8 Å². The lowest BCUT2D eigenvalue weighted by atomic mass is 9.98. The van der Waals surface area contributed by atoms with Crippen LogP contribution in [0.25, 0.3) is 0 Å². The number of ether oxygens (including phenoxy) is 1. The molecule has 1 aromatic rings. The Hall–Kier alpha value is -1.51. The van der Waals surface area contributed by atoms with E-state index in [0.29, 0.717) is 6.04 Å². The van der Waals surface area contributed by atoms with Crippen LogP contribution >= 0.6 is 0 Å². The van der Waals surface area contributed by atoms with Gasteiger partial charge in [0.05, 0.1) is 0 Å². The van der Waals surface area contributed by atoms with E-state index >= 15 is 0 Å². The normalized spacial score (nSPS) is 19.3. The highest BCUT2D eigenvalue weighted by atomic mass is 16.5. The lowest BCUT2D eigenvalue weighted by molar-refractivity contribution is -0.128. The molecule has 0 spiro atoms. The Bertz CT molecular complexity index is 503. The first-order valence-electron chi connectivity index (χ1n) is 10.2. The molecule has 140 valence electrons. The summed E-state index contributed by atoms with van der Waals surface area (Å²) in [6.45, 7) is 3.87. The first-order valence-corrected chi connectivity index (χ1v) is 10.2. The van der Waals surface area contributed by atoms with Crippen LogP contribution in [-0.4, -0.2) is 18.1 Å². The Kier molecular flexibility index (Phi) is 8.85. The van der Waals surface area contributed by atoms with E-state index in [1.54, 1.807) is 0 Å². The topological polar surface area (TPSA) is 38.3 Å². The van der Waals surface area contributed by atoms with Crippen LogP contribution in [-0.2, 0) is 4.79 Å². The predicted molar refractivity (Wildman–Crippen MR) is 104 cm³/mol. The summed E-state index contributed by atoms with van der Waals surface area (Å²) >= 11 is 0. The maximum Gasteiger partial charge on any atom is 0.260 e. The largest absolute Gasteiger partial charge is 0.481 e. The van der Waals surface area contributed by atoms with Gasteiger partial charge >= 0.3 is 0 Å². The maximum atomic E-state index is 12.5. The second-order valence-electron chi connectivity index (χ2n) is 7.54. The lowest BCUT2D eigenvalue weighted by Gasteiger charge is -2.22. The summed E-state index contributed by atoms with van der Waals surface area (Å²) in [5.74, 6) is 0.778. The van der Waals surface area contributed by atoms with Gasteiger partial charge in [-0.1, -0.05) is 69.9 Å². The van der Waals surface area contributed by atoms with Gasteiger partial charge in [0.25, 0.3) is 5.91 Å². The molecule has 1 aliphatic rings. The van der Waals surface area contributed by atoms with E-state index in [0.717, 1.165) is 24.2 Å². The van der Waals surface area contributed by atoms with Crippen molar-refractivity contribution < 1.29 is 9.53 Å². The van der Waals surface area contributed by atoms with Crippen LogP contribution < -0.4 is 10.1 Å². The smallest absolute Gasteiger partial charge is 0.260 e. The van der Waals surface area contributed by atoms with Crippen LogP contribution in [0, 0.1) is 6.92 Å². The summed E-state index contributed by atoms with van der Waals surface area (Å²) < 4.78 is 5.82. The number of amides is 1. The van der Waals surface area contributed by atoms with Gasteiger partial charge in [0.2, 0.25) is 0 Å². The summed E-state index contributed by atoms with van der Waals surface area (Å²) in [4.78, 5) is 12.5. The average Bonchev–Trinajstić information content (AvgIpc) is 2.57. The molecule has 0 aromatic heterocycles. The van der Waals surface area contributed by atoms with Crippen molar-refractivity contribution in [3.8, 4) is 5.75 Å². The fraction of sp³-hybridized carbons (Fsp3) is 0.682. The Morgan fingerprint density at radius 2 is 1.56 bits per heavy atom. The zero-order valence-corrected chi connectivity index (χ0v) is 16.1. The molecule has 25 heavy (non-hydrogen) atoms. The molecule has 1 fully saturated rings. The van der Waals surface area contributed by atoms with Crippen LogP contribution in [0.1, 0.15) is 83.1 Å². The molecule has 1 atom stereocenters. The van der Waals surface area contributed by atoms with Crippen LogP contribution in [0.4, 0.5) is 0 Å². The third-order valence-corrected chi connectivity index (χ3v) is 5.12. The molecule has 0 bridgehead atoms. The van der Waals surface area contributed by atoms with Gasteiger partial charge in [0, 0.05) is 6.04 Å². The number of hydrogen-bond acceptors (Lipinski definition) is 2. The van der Waals surface area contributed by atoms with Gasteiger partial charge in [-0.3, -0.25) is 4.79 Å². The molecular formula is C22H35NO2. The summed E-state index contributed by atoms with van der Waals surface area (Å²) in [6, 6.07) is 8.17. The first-order chi connectivity index (χ1) is 12.1. The van der Waals surface area contributed by atoms with Gasteiger partial charge in [-0.25, -0.2) is 0 Å². The second kappa shape index (κ2) is 11.2. The molecule has 1 amide bonds. The average molecular weight is 346 g/mol. The molecule has 3 heteroatoms. The third kappa shape index (κ3) is 7.94. The van der Waals surface area contributed by atoms with E-state index in [1.807, 2.05) is 38.1 Å². The van der Waals surface area contributed by atoms with Crippen molar-refractivity contribution in [2.75, 3.05) is 0 Å². The second-order valence-corrected chi connectivity index (χ2v) is 7.54. The molecule has 2 rings (SSSR count). The monoisotopic (exact) mass is 345 g/mol. The maximum absolute atomic E-state index is 12.5. The minimum absolute atomic E-state index is 0.0126. The molecule has 1 aromatic carbocycles. The fourth-order valence-corrected chi connectivity index (χ4v) is 3.57. The molecule has 1 saturated carbocycles. The quantitative estimate of drug-likeness (QED) is 0.776. The minimum Gasteiger partial charge on any atom is -0.481 e. The lowest BCUT2D eigenvalue weighted by Crippen LogP contribution is -2.42. The molecule has 0 radical (unpaired) electrons. The molecule has 0 heterocycles. The number of carbonyl (C=O) groups excluding carboxylic acids is 1. The molecular weight excluding hydrogens is 310 g/mol. The van der Waals surface area contributed by atoms with Crippen molar-refractivity contribution >= 4 is 5.91 Å². The SMILES string of the molecule is Cc1cccc(OC(C)C(=O)NC2CCCCCCCCCCC2)c1. The number of benzene rings is 1. The van der Waals surface area contributed by atoms with Gasteiger partial charge in [0.15, 0.2) is 6.10 Å². The van der Waals surface area contributed by atoms with Crippen LogP contribution in [0.2, 0.25) is 0 Å². The van der Waals surface area contributed by atoms with Gasteiger partial charge in [-0.15, -0.1) is 0 Å². The fourth-order valence-electron chi connectivity index (χ4n) is 3.57. The number of hydrogen-bond donors (Lipinski definition) is 1. The van der Waals surface area contributed by atoms with Gasteiger partial charge in [-0.2, -0.15) is 0 Å². The highest BCUT2D eigenvalue weighted by molar-refractivity contribution is 5.81. The van der Waals surface area contributed by atoms with E-state index in [2.05, 4.69) is 5.32 Å². The van der Waals surface area contributed by atoms with Crippen molar-refractivity contribution in [3.63, 3.8) is 0 Å². The zero-order valence-electron chi connectivity index (χ0n) is 16.1. The van der Waals surface area contributed by atoms with E-state index in [4.69, 9.17) is 4.74 Å². The first kappa shape index (κ1) is 19.8. The highest BCUT2D eigenvalue weighted by Crippen LogP contribution is 2.18. The number of carbonyl (C=O) groups is 1. The van der Waals surface area contributed by atoms with Crippen molar-refractivity contribution in [1.82, 2.24) is 5.32 Å². The summed E-state index contributed by atoms with van der Waals surface area (Å²) in [7, 11) is 0. The van der Waals surface area contributed by atoms with Gasteiger partial charge < -0.3 is 10.1 Å². The summed E-state index contributed by atoms with van der Waals surface area (Å²) in [6.07, 6.45) is 13.6. The van der Waals surface area contributed by atoms with E-state index in [-0.39, 0.29) is 5.91 Å². The number of aryl methyl sites for hydroxylation is 1. The van der Waals surface area contributed by atoms with Crippen LogP contribution in [0.15, 0.2) is 24.3 Å². The minimum atomic E-state index is -0.455. The third-order valence-electron chi connectivity index (χ3n) is 5.12. The highest BCUT2D eigenvalue weighted by Gasteiger charge is 2.19. The van der Waals surface area contributed by atoms with Crippen molar-refractivity contribution in [3.05, 3.63) is 29.8 Å². The van der Waals surface area contributed by atoms with Crippen LogP contribution in [0.5, 0.6) is 5.75 Å². The summed E-state index contributed by atoms with van der Waals surface area (Å²) in [5, 5.41) is 3.24. The Balaban J connectivity index is 1.82. The van der Waals surface area contributed by atoms with Crippen molar-refractivity contribution in [2.24, 2.45) is 0 Å². The molecule has 3 nitrogen and oxygen atoms in total. The number of rotatable bonds is 4. The van der Waals surface area contributed by atoms with Gasteiger partial charge in [-0.05, 0) is 44.4 Å². The Labute approximate surface area is 153 Å². The van der Waals surface area contributed by atoms with E-state index < -0.39 is 6.10 Å². The molecule has 1 N–H and O–H groups in total. The zero-order chi connectivity index (χ0) is 17.9. The standard InChI is InChI=1S/C22H35NO2/c1-18-13-12-16-21(17-18)25-19(2)22(24)23-20-14-10-8-6-4-3-5-7-9-11-15-20/h12-13,16-17,19-20H,3-11,14-15H2,1-2H3,(H,23,24). The number of nitrogens with one attached hydrogen (secondary N) is 1. The Morgan fingerprint density at radius 3 is 2.12 bits per heavy atom. The van der Waals surface area contributed by atoms with Crippen LogP contribution in [0.3, 0.4) is 0 Å². The molecule has 0 saturated heterocycles. The molecule has 1 aliphatic carbocycles. The molecule has 0 aliphatic heterocycles. The van der Waals surface area contributed by atoms with Gasteiger partial charge in [0.1, 0.15) is 5.75 Å². The van der Waals surface area contributed by atoms with Crippen molar-refractivity contribution in [1.29, 1.82) is 0 Å². The predicted octanol–water partition coefficient (Wildman–Crippen LogP) is 5.55. The summed E-state index contributed by atoms with van der Waals surface area (Å²) in [5.41, 5.74) is 1.14. The Morgan fingerprint density at radius 1 is 1.00 bits per heavy atom. The molecule has 1 unspecified atom stereocenters. The van der Waals surface area contributed by atoms with E-state index in [9.17, 15) is 4.79 Å².